The van der Waals surface area contributed by atoms with Gasteiger partial charge in [-0.2, -0.15) is 0 Å². The van der Waals surface area contributed by atoms with E-state index in [1.807, 2.05) is 43.3 Å². The molecule has 0 saturated carbocycles. The van der Waals surface area contributed by atoms with Crippen LogP contribution < -0.4 is 4.74 Å². The van der Waals surface area contributed by atoms with Crippen LogP contribution in [-0.4, -0.2) is 5.97 Å². The lowest BCUT2D eigenvalue weighted by Crippen LogP contribution is -2.45. The van der Waals surface area contributed by atoms with Crippen molar-refractivity contribution in [3.8, 4) is 5.75 Å². The van der Waals surface area contributed by atoms with Gasteiger partial charge >= 0.3 is 5.97 Å². The number of hydrogen-bond donors (Lipinski definition) is 0. The number of rotatable bonds is 3. The molecule has 3 aromatic carbocycles. The van der Waals surface area contributed by atoms with Crippen LogP contribution in [-0.2, 0) is 4.79 Å². The summed E-state index contributed by atoms with van der Waals surface area (Å²) in [5.41, 5.74) is -0.817. The number of esters is 1. The van der Waals surface area contributed by atoms with Gasteiger partial charge in [-0.3, -0.25) is 4.79 Å². The third kappa shape index (κ3) is 3.78. The Hall–Kier alpha value is -2.35. The minimum absolute atomic E-state index is 0.0157. The Morgan fingerprint density at radius 1 is 0.786 bits per heavy atom. The van der Waals surface area contributed by atoms with Crippen LogP contribution in [0.3, 0.4) is 0 Å². The number of fused-ring (bicyclic) bond motifs is 2. The summed E-state index contributed by atoms with van der Waals surface area (Å²) in [5.74, 6) is 0.513. The van der Waals surface area contributed by atoms with Crippen LogP contribution in [0.15, 0.2) is 54.6 Å². The second kappa shape index (κ2) is 6.92. The Bertz CT molecular complexity index is 964. The van der Waals surface area contributed by atoms with E-state index in [2.05, 4.69) is 59.7 Å². The third-order valence-corrected chi connectivity index (χ3v) is 5.91. The molecule has 3 aromatic rings. The molecule has 0 aliphatic rings. The van der Waals surface area contributed by atoms with Crippen molar-refractivity contribution < 1.29 is 9.53 Å². The highest BCUT2D eigenvalue weighted by Crippen LogP contribution is 2.48. The Morgan fingerprint density at radius 2 is 1.25 bits per heavy atom. The summed E-state index contributed by atoms with van der Waals surface area (Å²) in [5, 5.41) is 4.11. The number of benzene rings is 3. The largest absolute Gasteiger partial charge is 0.425 e. The lowest BCUT2D eigenvalue weighted by molar-refractivity contribution is -0.154. The van der Waals surface area contributed by atoms with Gasteiger partial charge in [0.2, 0.25) is 0 Å². The molecule has 0 heterocycles. The zero-order valence-electron chi connectivity index (χ0n) is 18.2. The summed E-state index contributed by atoms with van der Waals surface area (Å²) < 4.78 is 6.24. The Kier molecular flexibility index (Phi) is 5.04. The zero-order chi connectivity index (χ0) is 20.7. The minimum atomic E-state index is -0.608. The van der Waals surface area contributed by atoms with Crippen molar-refractivity contribution in [2.24, 2.45) is 16.2 Å². The average molecular weight is 377 g/mol. The van der Waals surface area contributed by atoms with Gasteiger partial charge in [0, 0.05) is 10.8 Å². The molecule has 0 spiro atoms. The molecule has 2 nitrogen and oxygen atoms in total. The predicted molar refractivity (Wildman–Crippen MR) is 119 cm³/mol. The monoisotopic (exact) mass is 376 g/mol. The molecule has 148 valence electrons. The van der Waals surface area contributed by atoms with Crippen LogP contribution in [0.2, 0.25) is 0 Å². The standard InChI is InChI=1S/C26H32O2/c1-24(2,3)17-26(7,25(4,5)6)23(27)28-22-20-14-10-8-12-18(20)16-19-13-9-11-15-21(19)22/h8-16H,17H2,1-7H3. The smallest absolute Gasteiger partial charge is 0.317 e. The van der Waals surface area contributed by atoms with Crippen molar-refractivity contribution in [2.75, 3.05) is 0 Å². The van der Waals surface area contributed by atoms with Crippen LogP contribution >= 0.6 is 0 Å². The lowest BCUT2D eigenvalue weighted by atomic mass is 9.61. The fraction of sp³-hybridized carbons (Fsp3) is 0.423. The summed E-state index contributed by atoms with van der Waals surface area (Å²) in [6, 6.07) is 18.4. The van der Waals surface area contributed by atoms with Crippen molar-refractivity contribution in [1.82, 2.24) is 0 Å². The first-order chi connectivity index (χ1) is 12.9. The summed E-state index contributed by atoms with van der Waals surface area (Å²) >= 11 is 0. The molecule has 0 aliphatic carbocycles. The zero-order valence-corrected chi connectivity index (χ0v) is 18.2. The van der Waals surface area contributed by atoms with Gasteiger partial charge in [0.05, 0.1) is 5.41 Å². The second-order valence-electron chi connectivity index (χ2n) is 10.4. The second-order valence-corrected chi connectivity index (χ2v) is 10.4. The molecule has 3 rings (SSSR count). The molecule has 0 fully saturated rings. The molecule has 0 amide bonds. The van der Waals surface area contributed by atoms with Crippen LogP contribution in [0.4, 0.5) is 0 Å². The maximum atomic E-state index is 13.6. The van der Waals surface area contributed by atoms with E-state index in [4.69, 9.17) is 4.74 Å². The predicted octanol–water partition coefficient (Wildman–Crippen LogP) is 7.39. The molecular weight excluding hydrogens is 344 g/mol. The van der Waals surface area contributed by atoms with Crippen molar-refractivity contribution in [3.05, 3.63) is 54.6 Å². The van der Waals surface area contributed by atoms with Crippen LogP contribution in [0.5, 0.6) is 5.75 Å². The van der Waals surface area contributed by atoms with Gasteiger partial charge in [-0.15, -0.1) is 0 Å². The Labute approximate surface area is 168 Å². The topological polar surface area (TPSA) is 26.3 Å². The van der Waals surface area contributed by atoms with Crippen molar-refractivity contribution in [3.63, 3.8) is 0 Å². The van der Waals surface area contributed by atoms with E-state index in [-0.39, 0.29) is 16.8 Å². The molecule has 1 atom stereocenters. The van der Waals surface area contributed by atoms with Gasteiger partial charge in [-0.1, -0.05) is 90.1 Å². The Balaban J connectivity index is 2.15. The minimum Gasteiger partial charge on any atom is -0.425 e. The first-order valence-corrected chi connectivity index (χ1v) is 10.1. The fourth-order valence-electron chi connectivity index (χ4n) is 3.99. The number of hydrogen-bond acceptors (Lipinski definition) is 2. The normalized spacial score (nSPS) is 14.8. The molecule has 0 saturated heterocycles. The van der Waals surface area contributed by atoms with E-state index >= 15 is 0 Å². The van der Waals surface area contributed by atoms with E-state index in [1.165, 1.54) is 0 Å². The SMILES string of the molecule is CC(C)(C)CC(C)(C(=O)Oc1c2ccccc2cc2ccccc12)C(C)(C)C. The van der Waals surface area contributed by atoms with Crippen molar-refractivity contribution in [1.29, 1.82) is 0 Å². The van der Waals surface area contributed by atoms with E-state index < -0.39 is 5.41 Å². The summed E-state index contributed by atoms with van der Waals surface area (Å²) in [6.45, 7) is 15.0. The van der Waals surface area contributed by atoms with Gasteiger partial charge in [-0.05, 0) is 41.0 Å². The molecule has 0 bridgehead atoms. The van der Waals surface area contributed by atoms with Gasteiger partial charge in [0.25, 0.3) is 0 Å². The fourth-order valence-corrected chi connectivity index (χ4v) is 3.99. The average Bonchev–Trinajstić information content (AvgIpc) is 2.59. The number of carbonyl (C=O) groups excluding carboxylic acids is 1. The van der Waals surface area contributed by atoms with Gasteiger partial charge in [0.15, 0.2) is 0 Å². The molecule has 0 aliphatic heterocycles. The van der Waals surface area contributed by atoms with E-state index in [1.54, 1.807) is 0 Å². The molecule has 1 unspecified atom stereocenters. The van der Waals surface area contributed by atoms with Crippen LogP contribution in [0.25, 0.3) is 21.5 Å². The third-order valence-electron chi connectivity index (χ3n) is 5.91. The van der Waals surface area contributed by atoms with Gasteiger partial charge in [0.1, 0.15) is 5.75 Å². The van der Waals surface area contributed by atoms with Gasteiger partial charge in [-0.25, -0.2) is 0 Å². The molecular formula is C26H32O2. The highest BCUT2D eigenvalue weighted by atomic mass is 16.5. The Morgan fingerprint density at radius 3 is 1.68 bits per heavy atom. The van der Waals surface area contributed by atoms with Crippen molar-refractivity contribution in [2.45, 2.75) is 54.9 Å². The molecule has 28 heavy (non-hydrogen) atoms. The van der Waals surface area contributed by atoms with E-state index in [0.29, 0.717) is 5.75 Å². The molecule has 0 radical (unpaired) electrons. The first-order valence-electron chi connectivity index (χ1n) is 10.1. The molecule has 0 aromatic heterocycles. The lowest BCUT2D eigenvalue weighted by Gasteiger charge is -2.43. The highest BCUT2D eigenvalue weighted by molar-refractivity contribution is 6.06. The summed E-state index contributed by atoms with van der Waals surface area (Å²) in [6.07, 6.45) is 0.755. The summed E-state index contributed by atoms with van der Waals surface area (Å²) in [4.78, 5) is 13.6. The quantitative estimate of drug-likeness (QED) is 0.271. The maximum absolute atomic E-state index is 13.6. The number of ether oxygens (including phenoxy) is 1. The van der Waals surface area contributed by atoms with E-state index in [9.17, 15) is 4.79 Å². The first kappa shape index (κ1) is 20.4. The molecule has 0 N–H and O–H groups in total. The highest BCUT2D eigenvalue weighted by Gasteiger charge is 2.48. The van der Waals surface area contributed by atoms with Crippen LogP contribution in [0, 0.1) is 16.2 Å². The van der Waals surface area contributed by atoms with E-state index in [0.717, 1.165) is 28.0 Å². The van der Waals surface area contributed by atoms with Crippen LogP contribution in [0.1, 0.15) is 54.9 Å². The summed E-state index contributed by atoms with van der Waals surface area (Å²) in [7, 11) is 0. The maximum Gasteiger partial charge on any atom is 0.317 e. The number of carbonyl (C=O) groups is 1. The molecule has 2 heteroatoms. The van der Waals surface area contributed by atoms with Gasteiger partial charge < -0.3 is 4.74 Å². The van der Waals surface area contributed by atoms with Crippen molar-refractivity contribution >= 4 is 27.5 Å².